The Labute approximate surface area is 67.5 Å². The monoisotopic (exact) mass is 114 g/mol. The minimum absolute atomic E-state index is 0. The van der Waals surface area contributed by atoms with E-state index in [4.69, 9.17) is 9.90 Å². The first kappa shape index (κ1) is 15.9. The van der Waals surface area contributed by atoms with Gasteiger partial charge in [0.1, 0.15) is 0 Å². The molecule has 0 radical (unpaired) electrons. The normalized spacial score (nSPS) is 4.17. The van der Waals surface area contributed by atoms with Gasteiger partial charge in [-0.15, -0.1) is 0 Å². The zero-order valence-corrected chi connectivity index (χ0v) is 6.23. The van der Waals surface area contributed by atoms with E-state index in [0.717, 1.165) is 6.92 Å². The van der Waals surface area contributed by atoms with Gasteiger partial charge in [-0.2, -0.15) is 0 Å². The van der Waals surface area contributed by atoms with E-state index >= 15 is 0 Å². The molecular formula is C3H6CaO2. The fraction of sp³-hybridized carbons (Fsp3) is 0.333. The van der Waals surface area contributed by atoms with Crippen molar-refractivity contribution in [1.82, 2.24) is 0 Å². The molecule has 0 N–H and O–H groups in total. The third-order valence-electron chi connectivity index (χ3n) is 0. The molecule has 0 aromatic carbocycles. The summed E-state index contributed by atoms with van der Waals surface area (Å²) in [6.45, 7) is 0.972. The molecule has 0 aromatic heterocycles. The molecular weight excluding hydrogens is 108 g/mol. The zero-order valence-electron chi connectivity index (χ0n) is 4.02. The molecule has 0 fully saturated rings. The SMILES string of the molecule is CC(=O)[O-].[CH3-].[Ca+2]. The number of hydrogen-bond acceptors (Lipinski definition) is 2. The Morgan fingerprint density at radius 2 is 1.67 bits per heavy atom. The average molecular weight is 114 g/mol. The van der Waals surface area contributed by atoms with Gasteiger partial charge in [0.25, 0.3) is 0 Å². The van der Waals surface area contributed by atoms with Crippen molar-refractivity contribution in [2.45, 2.75) is 6.92 Å². The minimum Gasteiger partial charge on any atom is -0.550 e. The Bertz CT molecular complexity index is 31.8. The predicted octanol–water partition coefficient (Wildman–Crippen LogP) is -1.17. The summed E-state index contributed by atoms with van der Waals surface area (Å²) in [5, 5.41) is 8.89. The van der Waals surface area contributed by atoms with Crippen molar-refractivity contribution in [2.75, 3.05) is 0 Å². The van der Waals surface area contributed by atoms with Crippen molar-refractivity contribution in [3.63, 3.8) is 0 Å². The first-order valence-corrected chi connectivity index (χ1v) is 0.908. The van der Waals surface area contributed by atoms with E-state index in [1.807, 2.05) is 0 Å². The van der Waals surface area contributed by atoms with Crippen LogP contribution in [0.25, 0.3) is 0 Å². The van der Waals surface area contributed by atoms with Gasteiger partial charge in [-0.3, -0.25) is 0 Å². The van der Waals surface area contributed by atoms with Crippen LogP contribution in [0.5, 0.6) is 0 Å². The number of hydrogen-bond donors (Lipinski definition) is 0. The second-order valence-electron chi connectivity index (χ2n) is 0.492. The summed E-state index contributed by atoms with van der Waals surface area (Å²) in [7, 11) is 0. The third-order valence-corrected chi connectivity index (χ3v) is 0. The van der Waals surface area contributed by atoms with Crippen LogP contribution in [0.2, 0.25) is 0 Å². The summed E-state index contributed by atoms with van der Waals surface area (Å²) in [5.41, 5.74) is 0. The molecule has 6 heavy (non-hydrogen) atoms. The van der Waals surface area contributed by atoms with E-state index in [2.05, 4.69) is 0 Å². The summed E-state index contributed by atoms with van der Waals surface area (Å²) < 4.78 is 0. The predicted molar refractivity (Wildman–Crippen MR) is 22.8 cm³/mol. The third kappa shape index (κ3) is 124. The summed E-state index contributed by atoms with van der Waals surface area (Å²) in [6.07, 6.45) is 0. The summed E-state index contributed by atoms with van der Waals surface area (Å²) in [6, 6.07) is 0. The van der Waals surface area contributed by atoms with Crippen LogP contribution in [0.1, 0.15) is 6.92 Å². The maximum absolute atomic E-state index is 8.89. The molecule has 0 aromatic rings. The Kier molecular flexibility index (Phi) is 24.4. The Morgan fingerprint density at radius 3 is 1.67 bits per heavy atom. The molecule has 0 rings (SSSR count). The van der Waals surface area contributed by atoms with E-state index < -0.39 is 5.97 Å². The zero-order chi connectivity index (χ0) is 3.58. The second kappa shape index (κ2) is 9.21. The van der Waals surface area contributed by atoms with Crippen molar-refractivity contribution < 1.29 is 9.90 Å². The number of carbonyl (C=O) groups is 1. The van der Waals surface area contributed by atoms with Gasteiger partial charge < -0.3 is 17.3 Å². The molecule has 0 saturated heterocycles. The van der Waals surface area contributed by atoms with Crippen LogP contribution in [-0.2, 0) is 4.79 Å². The van der Waals surface area contributed by atoms with Gasteiger partial charge in [-0.1, -0.05) is 0 Å². The number of carboxylic acids is 1. The van der Waals surface area contributed by atoms with Crippen molar-refractivity contribution in [1.29, 1.82) is 0 Å². The van der Waals surface area contributed by atoms with Gasteiger partial charge in [0.05, 0.1) is 0 Å². The molecule has 0 bridgehead atoms. The van der Waals surface area contributed by atoms with E-state index in [0.29, 0.717) is 0 Å². The summed E-state index contributed by atoms with van der Waals surface area (Å²) in [4.78, 5) is 8.89. The molecule has 0 amide bonds. The summed E-state index contributed by atoms with van der Waals surface area (Å²) in [5.74, 6) is -1.08. The fourth-order valence-corrected chi connectivity index (χ4v) is 0. The first-order valence-electron chi connectivity index (χ1n) is 0.908. The van der Waals surface area contributed by atoms with Gasteiger partial charge in [0, 0.05) is 5.97 Å². The van der Waals surface area contributed by atoms with E-state index in [1.54, 1.807) is 0 Å². The van der Waals surface area contributed by atoms with Gasteiger partial charge >= 0.3 is 37.7 Å². The van der Waals surface area contributed by atoms with Crippen LogP contribution in [0.4, 0.5) is 0 Å². The molecule has 3 heteroatoms. The first-order chi connectivity index (χ1) is 1.73. The van der Waals surface area contributed by atoms with Crippen LogP contribution in [0, 0.1) is 7.43 Å². The Balaban J connectivity index is -0.0000000450. The van der Waals surface area contributed by atoms with Gasteiger partial charge in [0.2, 0.25) is 0 Å². The minimum atomic E-state index is -1.08. The van der Waals surface area contributed by atoms with Gasteiger partial charge in [-0.05, 0) is 6.92 Å². The second-order valence-corrected chi connectivity index (χ2v) is 0.492. The smallest absolute Gasteiger partial charge is 0.550 e. The molecule has 2 nitrogen and oxygen atoms in total. The number of rotatable bonds is 0. The molecule has 0 saturated carbocycles. The van der Waals surface area contributed by atoms with Crippen LogP contribution in [0.3, 0.4) is 0 Å². The van der Waals surface area contributed by atoms with Crippen LogP contribution in [-0.4, -0.2) is 43.7 Å². The topological polar surface area (TPSA) is 40.1 Å². The maximum atomic E-state index is 8.89. The quantitative estimate of drug-likeness (QED) is 0.294. The van der Waals surface area contributed by atoms with E-state index in [9.17, 15) is 0 Å². The van der Waals surface area contributed by atoms with Gasteiger partial charge in [0.15, 0.2) is 0 Å². The standard InChI is InChI=1S/C2H4O2.CH3.Ca/c1-2(3)4;;/h1H3,(H,3,4);1H3;/q;-1;+2/p-1. The molecule has 0 aliphatic rings. The van der Waals surface area contributed by atoms with Crippen molar-refractivity contribution >= 4 is 43.7 Å². The Morgan fingerprint density at radius 1 is 1.67 bits per heavy atom. The van der Waals surface area contributed by atoms with Crippen molar-refractivity contribution in [3.8, 4) is 0 Å². The number of carboxylic acid groups (broad SMARTS) is 1. The molecule has 0 aliphatic carbocycles. The van der Waals surface area contributed by atoms with Crippen LogP contribution >= 0.6 is 0 Å². The van der Waals surface area contributed by atoms with Crippen LogP contribution in [0.15, 0.2) is 0 Å². The maximum Gasteiger partial charge on any atom is 2.00 e. The molecule has 0 unspecified atom stereocenters. The molecule has 0 aliphatic heterocycles. The van der Waals surface area contributed by atoms with E-state index in [-0.39, 0.29) is 45.2 Å². The average Bonchev–Trinajstić information content (AvgIpc) is 0.811. The Hall–Kier alpha value is 0.730. The van der Waals surface area contributed by atoms with Crippen molar-refractivity contribution in [2.24, 2.45) is 0 Å². The fourth-order valence-electron chi connectivity index (χ4n) is 0. The molecule has 0 spiro atoms. The molecule has 0 heterocycles. The van der Waals surface area contributed by atoms with Crippen molar-refractivity contribution in [3.05, 3.63) is 7.43 Å². The largest absolute Gasteiger partial charge is 2.00 e. The van der Waals surface area contributed by atoms with Gasteiger partial charge in [-0.25, -0.2) is 0 Å². The van der Waals surface area contributed by atoms with Crippen LogP contribution < -0.4 is 5.11 Å². The van der Waals surface area contributed by atoms with E-state index in [1.165, 1.54) is 0 Å². The summed E-state index contributed by atoms with van der Waals surface area (Å²) >= 11 is 0. The molecule has 0 atom stereocenters. The number of carbonyl (C=O) groups excluding carboxylic acids is 1. The number of aliphatic carboxylic acids is 1. The molecule has 32 valence electrons.